The van der Waals surface area contributed by atoms with Crippen molar-refractivity contribution >= 4 is 23.3 Å². The van der Waals surface area contributed by atoms with Crippen LogP contribution in [0.25, 0.3) is 0 Å². The lowest BCUT2D eigenvalue weighted by Crippen LogP contribution is -2.52. The molecule has 1 aromatic heterocycles. The van der Waals surface area contributed by atoms with Gasteiger partial charge in [-0.2, -0.15) is 0 Å². The maximum Gasteiger partial charge on any atom is 0.318 e. The molecule has 3 amide bonds. The number of ether oxygens (including phenoxy) is 3. The van der Waals surface area contributed by atoms with Crippen LogP contribution in [0.4, 0.5) is 4.79 Å². The minimum atomic E-state index is -0.235. The smallest absolute Gasteiger partial charge is 0.318 e. The Bertz CT molecular complexity index is 1000. The molecule has 4 rings (SSSR count). The zero-order chi connectivity index (χ0) is 24.8. The van der Waals surface area contributed by atoms with E-state index in [-0.39, 0.29) is 36.7 Å². The third-order valence-corrected chi connectivity index (χ3v) is 7.33. The number of urea groups is 1. The number of nitrogens with one attached hydrogen (secondary N) is 1. The van der Waals surface area contributed by atoms with Crippen LogP contribution in [0.2, 0.25) is 0 Å². The summed E-state index contributed by atoms with van der Waals surface area (Å²) in [7, 11) is 1.62. The summed E-state index contributed by atoms with van der Waals surface area (Å²) >= 11 is 1.71. The minimum absolute atomic E-state index is 0.00748. The second-order valence-electron chi connectivity index (χ2n) is 9.26. The summed E-state index contributed by atoms with van der Waals surface area (Å²) in [4.78, 5) is 31.3. The molecule has 1 fully saturated rings. The monoisotopic (exact) mass is 501 g/mol. The van der Waals surface area contributed by atoms with E-state index in [0.717, 1.165) is 30.6 Å². The molecule has 0 spiro atoms. The van der Waals surface area contributed by atoms with Gasteiger partial charge in [-0.15, -0.1) is 11.3 Å². The second kappa shape index (κ2) is 11.8. The van der Waals surface area contributed by atoms with Gasteiger partial charge >= 0.3 is 6.03 Å². The van der Waals surface area contributed by atoms with E-state index in [4.69, 9.17) is 14.2 Å². The van der Waals surface area contributed by atoms with E-state index in [1.807, 2.05) is 43.0 Å². The van der Waals surface area contributed by atoms with Crippen molar-refractivity contribution in [2.75, 3.05) is 40.0 Å². The fraction of sp³-hybridized carbons (Fsp3) is 0.538. The van der Waals surface area contributed by atoms with Crippen LogP contribution in [-0.2, 0) is 16.0 Å². The molecule has 1 aromatic carbocycles. The molecule has 2 atom stereocenters. The highest BCUT2D eigenvalue weighted by Crippen LogP contribution is 2.34. The number of hydrogen-bond donors (Lipinski definition) is 1. The zero-order valence-corrected chi connectivity index (χ0v) is 21.5. The number of hydrogen-bond acceptors (Lipinski definition) is 6. The summed E-state index contributed by atoms with van der Waals surface area (Å²) in [6.45, 7) is 5.87. The van der Waals surface area contributed by atoms with Gasteiger partial charge in [0.15, 0.2) is 0 Å². The van der Waals surface area contributed by atoms with Crippen molar-refractivity contribution in [2.24, 2.45) is 0 Å². The molecule has 190 valence electrons. The number of benzene rings is 1. The van der Waals surface area contributed by atoms with Crippen molar-refractivity contribution in [3.8, 4) is 11.5 Å². The Morgan fingerprint density at radius 1 is 1.29 bits per heavy atom. The SMILES string of the molecule is COc1cccc(OC[C@H]2c3ccsc3CCN2C(=O)CN(C[C@@H]2CCCO2)C(=O)NC(C)C)c1. The number of rotatable bonds is 9. The second-order valence-corrected chi connectivity index (χ2v) is 10.3. The molecule has 2 aliphatic rings. The third-order valence-electron chi connectivity index (χ3n) is 6.34. The van der Waals surface area contributed by atoms with Crippen LogP contribution in [-0.4, -0.2) is 73.8 Å². The van der Waals surface area contributed by atoms with Crippen LogP contribution < -0.4 is 14.8 Å². The predicted octanol–water partition coefficient (Wildman–Crippen LogP) is 3.86. The topological polar surface area (TPSA) is 80.3 Å². The summed E-state index contributed by atoms with van der Waals surface area (Å²) in [6, 6.07) is 9.07. The van der Waals surface area contributed by atoms with E-state index in [2.05, 4.69) is 16.8 Å². The molecule has 8 nitrogen and oxygen atoms in total. The van der Waals surface area contributed by atoms with Crippen molar-refractivity contribution in [3.05, 3.63) is 46.2 Å². The van der Waals surface area contributed by atoms with E-state index < -0.39 is 0 Å². The Kier molecular flexibility index (Phi) is 8.51. The molecule has 2 aromatic rings. The van der Waals surface area contributed by atoms with Gasteiger partial charge in [0.05, 0.1) is 19.3 Å². The molecular weight excluding hydrogens is 466 g/mol. The van der Waals surface area contributed by atoms with Gasteiger partial charge in [0.2, 0.25) is 5.91 Å². The highest BCUT2D eigenvalue weighted by molar-refractivity contribution is 7.10. The van der Waals surface area contributed by atoms with E-state index in [0.29, 0.717) is 32.1 Å². The number of thiophene rings is 1. The fourth-order valence-corrected chi connectivity index (χ4v) is 5.51. The average Bonchev–Trinajstić information content (AvgIpc) is 3.53. The first kappa shape index (κ1) is 25.3. The van der Waals surface area contributed by atoms with E-state index in [9.17, 15) is 9.59 Å². The molecule has 9 heteroatoms. The van der Waals surface area contributed by atoms with E-state index in [1.165, 1.54) is 4.88 Å². The van der Waals surface area contributed by atoms with Gasteiger partial charge in [0.1, 0.15) is 24.7 Å². The first-order valence-electron chi connectivity index (χ1n) is 12.2. The molecule has 1 N–H and O–H groups in total. The van der Waals surface area contributed by atoms with Crippen LogP contribution >= 0.6 is 11.3 Å². The Labute approximate surface area is 211 Å². The van der Waals surface area contributed by atoms with Crippen molar-refractivity contribution in [1.82, 2.24) is 15.1 Å². The maximum absolute atomic E-state index is 13.6. The van der Waals surface area contributed by atoms with Gasteiger partial charge in [0.25, 0.3) is 0 Å². The Morgan fingerprint density at radius 2 is 2.11 bits per heavy atom. The molecular formula is C26H35N3O5S. The average molecular weight is 502 g/mol. The predicted molar refractivity (Wildman–Crippen MR) is 135 cm³/mol. The van der Waals surface area contributed by atoms with Crippen molar-refractivity contribution in [3.63, 3.8) is 0 Å². The van der Waals surface area contributed by atoms with E-state index >= 15 is 0 Å². The summed E-state index contributed by atoms with van der Waals surface area (Å²) in [6.07, 6.45) is 2.66. The quantitative estimate of drug-likeness (QED) is 0.564. The number of methoxy groups -OCH3 is 1. The largest absolute Gasteiger partial charge is 0.497 e. The Morgan fingerprint density at radius 3 is 2.86 bits per heavy atom. The fourth-order valence-electron chi connectivity index (χ4n) is 4.59. The third kappa shape index (κ3) is 6.46. The number of amides is 3. The van der Waals surface area contributed by atoms with Gasteiger partial charge in [-0.1, -0.05) is 6.07 Å². The van der Waals surface area contributed by atoms with Crippen molar-refractivity contribution in [2.45, 2.75) is 51.3 Å². The summed E-state index contributed by atoms with van der Waals surface area (Å²) < 4.78 is 17.2. The number of fused-ring (bicyclic) bond motifs is 1. The maximum atomic E-state index is 13.6. The summed E-state index contributed by atoms with van der Waals surface area (Å²) in [5, 5.41) is 5.00. The van der Waals surface area contributed by atoms with Crippen molar-refractivity contribution in [1.29, 1.82) is 0 Å². The minimum Gasteiger partial charge on any atom is -0.497 e. The zero-order valence-electron chi connectivity index (χ0n) is 20.7. The van der Waals surface area contributed by atoms with Gasteiger partial charge in [-0.3, -0.25) is 4.79 Å². The highest BCUT2D eigenvalue weighted by atomic mass is 32.1. The number of carbonyl (C=O) groups is 2. The van der Waals surface area contributed by atoms with Crippen LogP contribution in [0.15, 0.2) is 35.7 Å². The first-order chi connectivity index (χ1) is 16.9. The standard InChI is InChI=1S/C26H35N3O5S/c1-18(2)27-26(31)28(15-21-8-5-12-33-21)16-25(30)29-11-9-24-22(10-13-35-24)23(29)17-34-20-7-4-6-19(14-20)32-3/h4,6-7,10,13-14,18,21,23H,5,8-9,11-12,15-17H2,1-3H3,(H,27,31)/t21-,23-/m0/s1. The van der Waals surface area contributed by atoms with Crippen LogP contribution in [0.1, 0.15) is 43.2 Å². The molecule has 0 bridgehead atoms. The Hall–Kier alpha value is -2.78. The van der Waals surface area contributed by atoms with Gasteiger partial charge < -0.3 is 29.3 Å². The summed E-state index contributed by atoms with van der Waals surface area (Å²) in [5.74, 6) is 1.32. The molecule has 0 saturated carbocycles. The normalized spacial score (nSPS) is 19.4. The van der Waals surface area contributed by atoms with Gasteiger partial charge in [0, 0.05) is 36.7 Å². The van der Waals surface area contributed by atoms with Gasteiger partial charge in [-0.05, 0) is 62.3 Å². The number of carbonyl (C=O) groups excluding carboxylic acids is 2. The number of nitrogens with zero attached hydrogens (tertiary/aromatic N) is 2. The molecule has 0 aliphatic carbocycles. The summed E-state index contributed by atoms with van der Waals surface area (Å²) in [5.41, 5.74) is 1.12. The molecule has 35 heavy (non-hydrogen) atoms. The van der Waals surface area contributed by atoms with E-state index in [1.54, 1.807) is 23.3 Å². The molecule has 1 saturated heterocycles. The molecule has 0 radical (unpaired) electrons. The Balaban J connectivity index is 1.49. The molecule has 0 unspecified atom stereocenters. The highest BCUT2D eigenvalue weighted by Gasteiger charge is 2.34. The lowest BCUT2D eigenvalue weighted by Gasteiger charge is -2.37. The van der Waals surface area contributed by atoms with Crippen LogP contribution in [0.5, 0.6) is 11.5 Å². The van der Waals surface area contributed by atoms with Crippen molar-refractivity contribution < 1.29 is 23.8 Å². The lowest BCUT2D eigenvalue weighted by atomic mass is 10.0. The molecule has 2 aliphatic heterocycles. The van der Waals surface area contributed by atoms with Crippen LogP contribution in [0, 0.1) is 0 Å². The first-order valence-corrected chi connectivity index (χ1v) is 13.1. The molecule has 3 heterocycles. The lowest BCUT2D eigenvalue weighted by molar-refractivity contribution is -0.135. The van der Waals surface area contributed by atoms with Crippen LogP contribution in [0.3, 0.4) is 0 Å². The van der Waals surface area contributed by atoms with Gasteiger partial charge in [-0.25, -0.2) is 4.79 Å².